The Hall–Kier alpha value is -3.43. The van der Waals surface area contributed by atoms with E-state index in [9.17, 15) is 9.59 Å². The number of pyridine rings is 1. The van der Waals surface area contributed by atoms with Crippen molar-refractivity contribution in [1.82, 2.24) is 15.0 Å². The van der Waals surface area contributed by atoms with Gasteiger partial charge in [0.25, 0.3) is 5.91 Å². The van der Waals surface area contributed by atoms with E-state index in [1.165, 1.54) is 6.20 Å². The number of hydrogen-bond acceptors (Lipinski definition) is 8. The fraction of sp³-hybridized carbons (Fsp3) is 0.389. The van der Waals surface area contributed by atoms with Gasteiger partial charge in [0, 0.05) is 14.1 Å². The largest absolute Gasteiger partial charge is 0.368 e. The molecule has 0 aliphatic rings. The summed E-state index contributed by atoms with van der Waals surface area (Å²) < 4.78 is 0. The van der Waals surface area contributed by atoms with Gasteiger partial charge in [0.2, 0.25) is 5.91 Å². The molecule has 10 heteroatoms. The van der Waals surface area contributed by atoms with E-state index >= 15 is 0 Å². The Balaban J connectivity index is 2.29. The van der Waals surface area contributed by atoms with Gasteiger partial charge >= 0.3 is 0 Å². The summed E-state index contributed by atoms with van der Waals surface area (Å²) in [7, 11) is 3.77. The van der Waals surface area contributed by atoms with Crippen LogP contribution in [-0.4, -0.2) is 46.9 Å². The summed E-state index contributed by atoms with van der Waals surface area (Å²) >= 11 is 0. The van der Waals surface area contributed by atoms with Crippen LogP contribution in [0, 0.1) is 5.92 Å². The molecule has 150 valence electrons. The predicted molar refractivity (Wildman–Crippen MR) is 108 cm³/mol. The zero-order valence-electron chi connectivity index (χ0n) is 16.4. The van der Waals surface area contributed by atoms with E-state index in [0.717, 1.165) is 5.82 Å². The lowest BCUT2D eigenvalue weighted by Crippen LogP contribution is -2.37. The Morgan fingerprint density at radius 3 is 2.36 bits per heavy atom. The third kappa shape index (κ3) is 5.53. The van der Waals surface area contributed by atoms with Gasteiger partial charge in [-0.05, 0) is 24.5 Å². The predicted octanol–water partition coefficient (Wildman–Crippen LogP) is 1.09. The molecule has 0 aliphatic heterocycles. The second-order valence-electron chi connectivity index (χ2n) is 6.97. The molecule has 0 saturated heterocycles. The van der Waals surface area contributed by atoms with Crippen molar-refractivity contribution in [1.29, 1.82) is 0 Å². The van der Waals surface area contributed by atoms with Crippen molar-refractivity contribution >= 4 is 35.0 Å². The molecule has 6 N–H and O–H groups in total. The maximum absolute atomic E-state index is 11.7. The number of carbonyl (C=O) groups excluding carboxylic acids is 2. The van der Waals surface area contributed by atoms with Crippen molar-refractivity contribution in [3.05, 3.63) is 30.2 Å². The smallest absolute Gasteiger partial charge is 0.271 e. The number of primary amides is 2. The zero-order valence-corrected chi connectivity index (χ0v) is 16.4. The van der Waals surface area contributed by atoms with Crippen molar-refractivity contribution in [2.45, 2.75) is 26.3 Å². The number of nitrogens with two attached hydrogens (primary N) is 2. The van der Waals surface area contributed by atoms with Crippen molar-refractivity contribution < 1.29 is 9.59 Å². The number of anilines is 4. The average molecular weight is 386 g/mol. The van der Waals surface area contributed by atoms with E-state index in [-0.39, 0.29) is 17.4 Å². The van der Waals surface area contributed by atoms with Gasteiger partial charge in [-0.1, -0.05) is 13.8 Å². The monoisotopic (exact) mass is 386 g/mol. The van der Waals surface area contributed by atoms with Gasteiger partial charge in [0.05, 0.1) is 18.1 Å². The Morgan fingerprint density at radius 1 is 1.14 bits per heavy atom. The number of amides is 2. The third-order valence-electron chi connectivity index (χ3n) is 3.85. The van der Waals surface area contributed by atoms with Crippen LogP contribution in [0.1, 0.15) is 30.8 Å². The molecule has 0 saturated carbocycles. The van der Waals surface area contributed by atoms with Gasteiger partial charge in [-0.25, -0.2) is 15.0 Å². The second kappa shape index (κ2) is 8.98. The summed E-state index contributed by atoms with van der Waals surface area (Å²) in [5.41, 5.74) is 11.4. The first-order valence-electron chi connectivity index (χ1n) is 8.80. The third-order valence-corrected chi connectivity index (χ3v) is 3.85. The fourth-order valence-corrected chi connectivity index (χ4v) is 2.48. The molecule has 1 unspecified atom stereocenters. The van der Waals surface area contributed by atoms with Gasteiger partial charge in [-0.15, -0.1) is 0 Å². The molecule has 10 nitrogen and oxygen atoms in total. The van der Waals surface area contributed by atoms with Gasteiger partial charge in [-0.3, -0.25) is 9.59 Å². The van der Waals surface area contributed by atoms with Gasteiger partial charge in [0.15, 0.2) is 11.5 Å². The van der Waals surface area contributed by atoms with Crippen LogP contribution in [0.3, 0.4) is 0 Å². The topological polar surface area (TPSA) is 152 Å². The molecule has 2 aromatic heterocycles. The van der Waals surface area contributed by atoms with E-state index < -0.39 is 17.9 Å². The van der Waals surface area contributed by atoms with Gasteiger partial charge < -0.3 is 27.0 Å². The van der Waals surface area contributed by atoms with Crippen LogP contribution in [-0.2, 0) is 4.79 Å². The highest BCUT2D eigenvalue weighted by molar-refractivity contribution is 5.96. The minimum atomic E-state index is -0.729. The summed E-state index contributed by atoms with van der Waals surface area (Å²) in [6.07, 6.45) is 3.48. The lowest BCUT2D eigenvalue weighted by atomic mass is 10.0. The molecular weight excluding hydrogens is 360 g/mol. The molecule has 0 bridgehead atoms. The highest BCUT2D eigenvalue weighted by Gasteiger charge is 2.19. The number of rotatable bonds is 9. The van der Waals surface area contributed by atoms with Crippen LogP contribution in [0.4, 0.5) is 23.1 Å². The molecular formula is C18H26N8O2. The Labute approximate surface area is 163 Å². The minimum absolute atomic E-state index is 0.0262. The standard InChI is InChI=1S/C18H26N8O2/c1-10(2)7-12(16(19)27)24-13-9-22-15(17(20)28)18(25-13)23-11-5-6-14(21-8-11)26(3)4/h5-6,8-10,12H,7H2,1-4H3,(H2,19,27)(H2,20,28)(H2,23,24,25). The second-order valence-corrected chi connectivity index (χ2v) is 6.97. The summed E-state index contributed by atoms with van der Waals surface area (Å²) in [5, 5.41) is 5.96. The van der Waals surface area contributed by atoms with Crippen LogP contribution in [0.2, 0.25) is 0 Å². The van der Waals surface area contributed by atoms with Crippen LogP contribution in [0.25, 0.3) is 0 Å². The summed E-state index contributed by atoms with van der Waals surface area (Å²) in [6.45, 7) is 3.97. The highest BCUT2D eigenvalue weighted by Crippen LogP contribution is 2.21. The van der Waals surface area contributed by atoms with E-state index in [4.69, 9.17) is 11.5 Å². The molecule has 1 atom stereocenters. The van der Waals surface area contributed by atoms with E-state index in [2.05, 4.69) is 25.6 Å². The van der Waals surface area contributed by atoms with E-state index in [1.807, 2.05) is 38.9 Å². The minimum Gasteiger partial charge on any atom is -0.368 e. The van der Waals surface area contributed by atoms with Gasteiger partial charge in [-0.2, -0.15) is 0 Å². The number of nitrogens with one attached hydrogen (secondary N) is 2. The van der Waals surface area contributed by atoms with Crippen LogP contribution in [0.5, 0.6) is 0 Å². The SMILES string of the molecule is CC(C)CC(Nc1cnc(C(N)=O)c(Nc2ccc(N(C)C)nc2)n1)C(N)=O. The Kier molecular flexibility index (Phi) is 6.69. The molecule has 0 aromatic carbocycles. The fourth-order valence-electron chi connectivity index (χ4n) is 2.48. The molecule has 2 aromatic rings. The first-order valence-corrected chi connectivity index (χ1v) is 8.80. The van der Waals surface area contributed by atoms with E-state index in [1.54, 1.807) is 12.3 Å². The molecule has 2 amide bonds. The number of carbonyl (C=O) groups is 2. The summed E-state index contributed by atoms with van der Waals surface area (Å²) in [6, 6.07) is 3.00. The van der Waals surface area contributed by atoms with Crippen LogP contribution in [0.15, 0.2) is 24.5 Å². The number of nitrogens with zero attached hydrogens (tertiary/aromatic N) is 4. The zero-order chi connectivity index (χ0) is 20.8. The van der Waals surface area contributed by atoms with E-state index in [0.29, 0.717) is 17.9 Å². The number of aromatic nitrogens is 3. The average Bonchev–Trinajstić information content (AvgIpc) is 2.61. The summed E-state index contributed by atoms with van der Waals surface area (Å²) in [4.78, 5) is 38.0. The molecule has 2 rings (SSSR count). The highest BCUT2D eigenvalue weighted by atomic mass is 16.1. The Bertz CT molecular complexity index is 836. The van der Waals surface area contributed by atoms with Crippen molar-refractivity contribution in [2.75, 3.05) is 29.6 Å². The summed E-state index contributed by atoms with van der Waals surface area (Å²) in [5.74, 6) is 0.266. The molecule has 0 fully saturated rings. The van der Waals surface area contributed by atoms with Crippen LogP contribution < -0.4 is 27.0 Å². The number of hydrogen-bond donors (Lipinski definition) is 4. The van der Waals surface area contributed by atoms with Gasteiger partial charge in [0.1, 0.15) is 17.7 Å². The van der Waals surface area contributed by atoms with Crippen molar-refractivity contribution in [2.24, 2.45) is 17.4 Å². The van der Waals surface area contributed by atoms with Crippen LogP contribution >= 0.6 is 0 Å². The maximum Gasteiger partial charge on any atom is 0.271 e. The quantitative estimate of drug-likeness (QED) is 0.500. The lowest BCUT2D eigenvalue weighted by molar-refractivity contribution is -0.119. The van der Waals surface area contributed by atoms with Crippen molar-refractivity contribution in [3.8, 4) is 0 Å². The first-order chi connectivity index (χ1) is 13.2. The van der Waals surface area contributed by atoms with Crippen molar-refractivity contribution in [3.63, 3.8) is 0 Å². The Morgan fingerprint density at radius 2 is 1.86 bits per heavy atom. The molecule has 0 radical (unpaired) electrons. The maximum atomic E-state index is 11.7. The molecule has 2 heterocycles. The first kappa shape index (κ1) is 20.9. The molecule has 0 aliphatic carbocycles. The molecule has 28 heavy (non-hydrogen) atoms. The normalized spacial score (nSPS) is 11.8. The molecule has 0 spiro atoms. The lowest BCUT2D eigenvalue weighted by Gasteiger charge is -2.19.